The number of hydrogen-bond acceptors (Lipinski definition) is 2. The molecule has 0 unspecified atom stereocenters. The Hall–Kier alpha value is -2.06. The number of anilines is 2. The summed E-state index contributed by atoms with van der Waals surface area (Å²) >= 11 is 8.75. The van der Waals surface area contributed by atoms with Crippen LogP contribution in [0.1, 0.15) is 5.56 Å². The molecule has 2 rings (SSSR count). The molecule has 0 aliphatic heterocycles. The zero-order valence-corrected chi connectivity index (χ0v) is 14.1. The molecule has 2 aromatic rings. The first-order valence-corrected chi connectivity index (χ1v) is 7.58. The van der Waals surface area contributed by atoms with E-state index in [-0.39, 0.29) is 5.02 Å². The van der Waals surface area contributed by atoms with Crippen molar-refractivity contribution in [3.8, 4) is 0 Å². The lowest BCUT2D eigenvalue weighted by molar-refractivity contribution is -0.137. The first-order chi connectivity index (χ1) is 11.2. The summed E-state index contributed by atoms with van der Waals surface area (Å²) in [5, 5.41) is 4.08. The van der Waals surface area contributed by atoms with Crippen LogP contribution in [-0.4, -0.2) is 11.8 Å². The Morgan fingerprint density at radius 1 is 0.958 bits per heavy atom. The maximum absolute atomic E-state index is 12.9. The highest BCUT2D eigenvalue weighted by molar-refractivity contribution is 9.10. The number of carbonyl (C=O) groups excluding carboxylic acids is 2. The number of benzene rings is 2. The van der Waals surface area contributed by atoms with Gasteiger partial charge in [0, 0.05) is 15.2 Å². The molecule has 24 heavy (non-hydrogen) atoms. The van der Waals surface area contributed by atoms with Crippen molar-refractivity contribution in [2.75, 3.05) is 10.6 Å². The standard InChI is InChI=1S/C15H9BrClF3N2O2/c16-8-1-4-10(5-2-8)21-13(23)14(24)22-12-6-3-9(17)7-11(12)15(18,19)20/h1-7H,(H,21,23)(H,22,24). The van der Waals surface area contributed by atoms with Crippen LogP contribution in [0.5, 0.6) is 0 Å². The summed E-state index contributed by atoms with van der Waals surface area (Å²) in [5.74, 6) is -2.33. The normalized spacial score (nSPS) is 11.0. The molecule has 9 heteroatoms. The van der Waals surface area contributed by atoms with Crippen molar-refractivity contribution >= 4 is 50.7 Å². The van der Waals surface area contributed by atoms with Crippen LogP contribution >= 0.6 is 27.5 Å². The Bertz CT molecular complexity index is 779. The minimum Gasteiger partial charge on any atom is -0.318 e. The van der Waals surface area contributed by atoms with E-state index in [0.29, 0.717) is 11.8 Å². The number of hydrogen-bond donors (Lipinski definition) is 2. The van der Waals surface area contributed by atoms with E-state index in [1.165, 1.54) is 18.2 Å². The maximum atomic E-state index is 12.9. The van der Waals surface area contributed by atoms with Crippen LogP contribution < -0.4 is 10.6 Å². The highest BCUT2D eigenvalue weighted by Crippen LogP contribution is 2.36. The molecule has 0 saturated carbocycles. The molecule has 0 aromatic heterocycles. The van der Waals surface area contributed by atoms with E-state index in [1.807, 2.05) is 5.32 Å². The van der Waals surface area contributed by atoms with Gasteiger partial charge in [-0.05, 0) is 42.5 Å². The summed E-state index contributed by atoms with van der Waals surface area (Å²) in [4.78, 5) is 23.6. The quantitative estimate of drug-likeness (QED) is 0.691. The van der Waals surface area contributed by atoms with Crippen molar-refractivity contribution in [2.24, 2.45) is 0 Å². The van der Waals surface area contributed by atoms with Gasteiger partial charge < -0.3 is 10.6 Å². The van der Waals surface area contributed by atoms with Crippen LogP contribution in [0.2, 0.25) is 5.02 Å². The molecule has 2 N–H and O–H groups in total. The molecule has 0 aliphatic rings. The van der Waals surface area contributed by atoms with Gasteiger partial charge in [-0.1, -0.05) is 27.5 Å². The number of carbonyl (C=O) groups is 2. The van der Waals surface area contributed by atoms with Crippen molar-refractivity contribution in [3.05, 3.63) is 57.5 Å². The predicted octanol–water partition coefficient (Wildman–Crippen LogP) is 4.70. The van der Waals surface area contributed by atoms with Crippen molar-refractivity contribution < 1.29 is 22.8 Å². The second-order valence-corrected chi connectivity index (χ2v) is 5.95. The summed E-state index contributed by atoms with van der Waals surface area (Å²) in [7, 11) is 0. The summed E-state index contributed by atoms with van der Waals surface area (Å²) in [6.45, 7) is 0. The monoisotopic (exact) mass is 420 g/mol. The fourth-order valence-corrected chi connectivity index (χ4v) is 2.20. The smallest absolute Gasteiger partial charge is 0.318 e. The summed E-state index contributed by atoms with van der Waals surface area (Å²) in [6.07, 6.45) is -4.73. The molecule has 126 valence electrons. The molecule has 2 amide bonds. The van der Waals surface area contributed by atoms with Gasteiger partial charge in [0.05, 0.1) is 11.3 Å². The lowest BCUT2D eigenvalue weighted by Crippen LogP contribution is -2.30. The first-order valence-electron chi connectivity index (χ1n) is 6.41. The van der Waals surface area contributed by atoms with Gasteiger partial charge in [-0.25, -0.2) is 0 Å². The molecule has 0 fully saturated rings. The molecule has 0 atom stereocenters. The third-order valence-electron chi connectivity index (χ3n) is 2.84. The van der Waals surface area contributed by atoms with Crippen LogP contribution in [-0.2, 0) is 15.8 Å². The van der Waals surface area contributed by atoms with E-state index in [9.17, 15) is 22.8 Å². The number of rotatable bonds is 2. The fourth-order valence-electron chi connectivity index (χ4n) is 1.76. The third kappa shape index (κ3) is 4.72. The second-order valence-electron chi connectivity index (χ2n) is 4.60. The van der Waals surface area contributed by atoms with E-state index >= 15 is 0 Å². The number of halogens is 5. The number of amides is 2. The molecular formula is C15H9BrClF3N2O2. The van der Waals surface area contributed by atoms with E-state index < -0.39 is 29.2 Å². The molecule has 0 heterocycles. The van der Waals surface area contributed by atoms with Crippen molar-refractivity contribution in [3.63, 3.8) is 0 Å². The average molecular weight is 422 g/mol. The van der Waals surface area contributed by atoms with E-state index in [1.54, 1.807) is 12.1 Å². The van der Waals surface area contributed by atoms with Crippen LogP contribution in [0, 0.1) is 0 Å². The average Bonchev–Trinajstić information content (AvgIpc) is 2.50. The Morgan fingerprint density at radius 2 is 1.54 bits per heavy atom. The molecular weight excluding hydrogens is 413 g/mol. The molecule has 0 radical (unpaired) electrons. The minimum atomic E-state index is -4.73. The van der Waals surface area contributed by atoms with E-state index in [2.05, 4.69) is 21.2 Å². The fraction of sp³-hybridized carbons (Fsp3) is 0.0667. The molecule has 0 bridgehead atoms. The van der Waals surface area contributed by atoms with Crippen LogP contribution in [0.3, 0.4) is 0 Å². The summed E-state index contributed by atoms with van der Waals surface area (Å²) in [6, 6.07) is 9.15. The van der Waals surface area contributed by atoms with Crippen LogP contribution in [0.25, 0.3) is 0 Å². The zero-order valence-electron chi connectivity index (χ0n) is 11.7. The van der Waals surface area contributed by atoms with Gasteiger partial charge >= 0.3 is 18.0 Å². The van der Waals surface area contributed by atoms with E-state index in [4.69, 9.17) is 11.6 Å². The third-order valence-corrected chi connectivity index (χ3v) is 3.61. The highest BCUT2D eigenvalue weighted by atomic mass is 79.9. The van der Waals surface area contributed by atoms with Gasteiger partial charge in [0.15, 0.2) is 0 Å². The van der Waals surface area contributed by atoms with Gasteiger partial charge in [-0.15, -0.1) is 0 Å². The summed E-state index contributed by atoms with van der Waals surface area (Å²) < 4.78 is 39.6. The molecule has 4 nitrogen and oxygen atoms in total. The lowest BCUT2D eigenvalue weighted by Gasteiger charge is -2.14. The zero-order chi connectivity index (χ0) is 17.9. The van der Waals surface area contributed by atoms with Gasteiger partial charge in [-0.2, -0.15) is 13.2 Å². The van der Waals surface area contributed by atoms with Gasteiger partial charge in [0.1, 0.15) is 0 Å². The van der Waals surface area contributed by atoms with Gasteiger partial charge in [-0.3, -0.25) is 9.59 Å². The molecule has 0 saturated heterocycles. The van der Waals surface area contributed by atoms with Crippen molar-refractivity contribution in [1.29, 1.82) is 0 Å². The number of alkyl halides is 3. The second kappa shape index (κ2) is 7.23. The van der Waals surface area contributed by atoms with Crippen LogP contribution in [0.15, 0.2) is 46.9 Å². The lowest BCUT2D eigenvalue weighted by atomic mass is 10.1. The SMILES string of the molecule is O=C(Nc1ccc(Br)cc1)C(=O)Nc1ccc(Cl)cc1C(F)(F)F. The highest BCUT2D eigenvalue weighted by Gasteiger charge is 2.34. The summed E-state index contributed by atoms with van der Waals surface area (Å²) in [5.41, 5.74) is -1.37. The largest absolute Gasteiger partial charge is 0.418 e. The van der Waals surface area contributed by atoms with Crippen molar-refractivity contribution in [1.82, 2.24) is 0 Å². The van der Waals surface area contributed by atoms with Crippen molar-refractivity contribution in [2.45, 2.75) is 6.18 Å². The Kier molecular flexibility index (Phi) is 5.51. The molecule has 2 aromatic carbocycles. The Balaban J connectivity index is 2.14. The molecule has 0 spiro atoms. The van der Waals surface area contributed by atoms with Gasteiger partial charge in [0.2, 0.25) is 0 Å². The number of nitrogens with one attached hydrogen (secondary N) is 2. The Morgan fingerprint density at radius 3 is 2.12 bits per heavy atom. The minimum absolute atomic E-state index is 0.139. The first kappa shape index (κ1) is 18.3. The molecule has 0 aliphatic carbocycles. The maximum Gasteiger partial charge on any atom is 0.418 e. The van der Waals surface area contributed by atoms with Gasteiger partial charge in [0.25, 0.3) is 0 Å². The topological polar surface area (TPSA) is 58.2 Å². The van der Waals surface area contributed by atoms with Crippen LogP contribution in [0.4, 0.5) is 24.5 Å². The predicted molar refractivity (Wildman–Crippen MR) is 87.9 cm³/mol. The van der Waals surface area contributed by atoms with E-state index in [0.717, 1.165) is 10.5 Å². The Labute approximate surface area is 148 Å².